The van der Waals surface area contributed by atoms with Crippen LogP contribution in [0.1, 0.15) is 11.1 Å². The van der Waals surface area contributed by atoms with Gasteiger partial charge < -0.3 is 10.5 Å². The van der Waals surface area contributed by atoms with E-state index >= 15 is 0 Å². The normalized spacial score (nSPS) is 10.5. The minimum Gasteiger partial charge on any atom is -0.468 e. The van der Waals surface area contributed by atoms with Crippen molar-refractivity contribution in [3.63, 3.8) is 0 Å². The molecule has 0 unspecified atom stereocenters. The third-order valence-electron chi connectivity index (χ3n) is 2.32. The van der Waals surface area contributed by atoms with Crippen molar-refractivity contribution < 1.29 is 17.9 Å². The number of rotatable bonds is 5. The van der Waals surface area contributed by atoms with Crippen LogP contribution in [0.15, 0.2) is 24.3 Å². The van der Waals surface area contributed by atoms with Gasteiger partial charge in [-0.15, -0.1) is 0 Å². The molecule has 3 N–H and O–H groups in total. The number of hydrogen-bond acceptors (Lipinski definition) is 5. The first-order valence-electron chi connectivity index (χ1n) is 5.79. The van der Waals surface area contributed by atoms with Crippen molar-refractivity contribution in [2.45, 2.75) is 6.54 Å². The number of sulfonamides is 1. The van der Waals surface area contributed by atoms with Crippen molar-refractivity contribution in [2.75, 3.05) is 19.4 Å². The molecule has 0 radical (unpaired) electrons. The van der Waals surface area contributed by atoms with Crippen LogP contribution in [0.4, 0.5) is 0 Å². The Balaban J connectivity index is 2.59. The van der Waals surface area contributed by atoms with Crippen LogP contribution in [0.5, 0.6) is 0 Å². The smallest absolute Gasteiger partial charge is 0.322 e. The number of carbonyl (C=O) groups is 1. The summed E-state index contributed by atoms with van der Waals surface area (Å²) in [6.45, 7) is 0.388. The van der Waals surface area contributed by atoms with Crippen LogP contribution in [-0.4, -0.2) is 33.8 Å². The average Bonchev–Trinajstić information content (AvgIpc) is 2.43. The summed E-state index contributed by atoms with van der Waals surface area (Å²) in [6.07, 6.45) is 0. The molecule has 1 aromatic carbocycles. The number of nitrogens with two attached hydrogens (primary N) is 1. The van der Waals surface area contributed by atoms with Gasteiger partial charge in [0.05, 0.1) is 13.7 Å². The molecule has 0 atom stereocenters. The van der Waals surface area contributed by atoms with Crippen molar-refractivity contribution in [3.8, 4) is 11.8 Å². The summed E-state index contributed by atoms with van der Waals surface area (Å²) in [7, 11) is -2.55. The Morgan fingerprint density at radius 1 is 1.35 bits per heavy atom. The molecule has 7 heteroatoms. The fourth-order valence-electron chi connectivity index (χ4n) is 1.32. The molecule has 0 fully saturated rings. The zero-order chi connectivity index (χ0) is 15.0. The van der Waals surface area contributed by atoms with Crippen LogP contribution in [-0.2, 0) is 26.1 Å². The second-order valence-corrected chi connectivity index (χ2v) is 5.67. The van der Waals surface area contributed by atoms with Gasteiger partial charge in [0, 0.05) is 12.1 Å². The molecule has 1 aromatic rings. The highest BCUT2D eigenvalue weighted by atomic mass is 32.2. The fraction of sp³-hybridized carbons (Fsp3) is 0.308. The third-order valence-corrected chi connectivity index (χ3v) is 3.52. The summed E-state index contributed by atoms with van der Waals surface area (Å²) in [6, 6.07) is 7.04. The van der Waals surface area contributed by atoms with Gasteiger partial charge in [0.2, 0.25) is 10.0 Å². The highest BCUT2D eigenvalue weighted by molar-refractivity contribution is 7.90. The van der Waals surface area contributed by atoms with Crippen LogP contribution in [0.3, 0.4) is 0 Å². The van der Waals surface area contributed by atoms with Crippen LogP contribution >= 0.6 is 0 Å². The maximum Gasteiger partial charge on any atom is 0.322 e. The summed E-state index contributed by atoms with van der Waals surface area (Å²) in [4.78, 5) is 10.9. The van der Waals surface area contributed by atoms with Gasteiger partial charge >= 0.3 is 5.97 Å². The molecule has 1 rings (SSSR count). The predicted molar refractivity (Wildman–Crippen MR) is 75.0 cm³/mol. The Hall–Kier alpha value is -1.88. The Morgan fingerprint density at radius 3 is 2.55 bits per heavy atom. The lowest BCUT2D eigenvalue weighted by Crippen LogP contribution is -2.30. The van der Waals surface area contributed by atoms with Gasteiger partial charge in [-0.1, -0.05) is 24.0 Å². The first kappa shape index (κ1) is 16.2. The molecule has 0 aliphatic heterocycles. The van der Waals surface area contributed by atoms with Crippen molar-refractivity contribution in [1.29, 1.82) is 0 Å². The maximum atomic E-state index is 11.5. The lowest BCUT2D eigenvalue weighted by Gasteiger charge is -2.05. The van der Waals surface area contributed by atoms with Crippen LogP contribution < -0.4 is 10.5 Å². The quantitative estimate of drug-likeness (QED) is 0.568. The van der Waals surface area contributed by atoms with E-state index in [4.69, 9.17) is 5.73 Å². The van der Waals surface area contributed by atoms with Crippen molar-refractivity contribution in [1.82, 2.24) is 4.72 Å². The number of methoxy groups -OCH3 is 1. The summed E-state index contributed by atoms with van der Waals surface area (Å²) in [5.74, 6) is 4.09. The first-order valence-corrected chi connectivity index (χ1v) is 7.44. The van der Waals surface area contributed by atoms with E-state index in [0.717, 1.165) is 18.2 Å². The SMILES string of the molecule is COC(=O)CS(=O)(=O)NCc1ccc(C#CCN)cc1. The summed E-state index contributed by atoms with van der Waals surface area (Å²) < 4.78 is 29.7. The number of ether oxygens (including phenoxy) is 1. The minimum atomic E-state index is -3.68. The van der Waals surface area contributed by atoms with Crippen LogP contribution in [0.2, 0.25) is 0 Å². The zero-order valence-electron chi connectivity index (χ0n) is 11.0. The molecule has 0 bridgehead atoms. The Labute approximate surface area is 118 Å². The molecule has 0 aromatic heterocycles. The van der Waals surface area contributed by atoms with Gasteiger partial charge in [-0.05, 0) is 17.7 Å². The van der Waals surface area contributed by atoms with E-state index in [0.29, 0.717) is 0 Å². The van der Waals surface area contributed by atoms with Crippen LogP contribution in [0.25, 0.3) is 0 Å². The Bertz CT molecular complexity index is 612. The fourth-order valence-corrected chi connectivity index (χ4v) is 2.23. The summed E-state index contributed by atoms with van der Waals surface area (Å²) in [5, 5.41) is 0. The molecule has 0 saturated heterocycles. The second-order valence-electron chi connectivity index (χ2n) is 3.86. The van der Waals surface area contributed by atoms with Crippen molar-refractivity contribution in [3.05, 3.63) is 35.4 Å². The van der Waals surface area contributed by atoms with Gasteiger partial charge in [-0.2, -0.15) is 0 Å². The van der Waals surface area contributed by atoms with E-state index in [2.05, 4.69) is 21.3 Å². The zero-order valence-corrected chi connectivity index (χ0v) is 11.9. The standard InChI is InChI=1S/C13H16N2O4S/c1-19-13(16)10-20(17,18)15-9-12-6-4-11(5-7-12)3-2-8-14/h4-7,15H,8-10,14H2,1H3. The lowest BCUT2D eigenvalue weighted by molar-refractivity contribution is -0.137. The minimum absolute atomic E-state index is 0.101. The van der Waals surface area contributed by atoms with E-state index in [-0.39, 0.29) is 13.1 Å². The monoisotopic (exact) mass is 296 g/mol. The average molecular weight is 296 g/mol. The molecule has 6 nitrogen and oxygen atoms in total. The van der Waals surface area contributed by atoms with Gasteiger partial charge in [-0.3, -0.25) is 4.79 Å². The van der Waals surface area contributed by atoms with E-state index in [1.165, 1.54) is 0 Å². The topological polar surface area (TPSA) is 98.5 Å². The number of esters is 1. The number of benzene rings is 1. The largest absolute Gasteiger partial charge is 0.468 e. The predicted octanol–water partition coefficient (Wildman–Crippen LogP) is -0.411. The van der Waals surface area contributed by atoms with Crippen molar-refractivity contribution in [2.24, 2.45) is 5.73 Å². The van der Waals surface area contributed by atoms with E-state index in [1.54, 1.807) is 24.3 Å². The van der Waals surface area contributed by atoms with Gasteiger partial charge in [0.15, 0.2) is 5.75 Å². The molecule has 20 heavy (non-hydrogen) atoms. The van der Waals surface area contributed by atoms with Gasteiger partial charge in [-0.25, -0.2) is 13.1 Å². The molecule has 0 spiro atoms. The molecule has 0 aliphatic rings. The number of hydrogen-bond donors (Lipinski definition) is 2. The number of carbonyl (C=O) groups excluding carboxylic acids is 1. The maximum absolute atomic E-state index is 11.5. The molecule has 0 heterocycles. The second kappa shape index (κ2) is 7.65. The Morgan fingerprint density at radius 2 is 2.00 bits per heavy atom. The summed E-state index contributed by atoms with van der Waals surface area (Å²) in [5.41, 5.74) is 6.83. The molecular weight excluding hydrogens is 280 g/mol. The molecule has 0 aliphatic carbocycles. The highest BCUT2D eigenvalue weighted by Gasteiger charge is 2.16. The van der Waals surface area contributed by atoms with E-state index < -0.39 is 21.7 Å². The van der Waals surface area contributed by atoms with E-state index in [1.807, 2.05) is 0 Å². The van der Waals surface area contributed by atoms with Crippen molar-refractivity contribution >= 4 is 16.0 Å². The van der Waals surface area contributed by atoms with Crippen LogP contribution in [0, 0.1) is 11.8 Å². The Kier molecular flexibility index (Phi) is 6.18. The highest BCUT2D eigenvalue weighted by Crippen LogP contribution is 2.03. The van der Waals surface area contributed by atoms with Gasteiger partial charge in [0.25, 0.3) is 0 Å². The lowest BCUT2D eigenvalue weighted by atomic mass is 10.1. The number of nitrogens with one attached hydrogen (secondary N) is 1. The van der Waals surface area contributed by atoms with Gasteiger partial charge in [0.1, 0.15) is 0 Å². The third kappa shape index (κ3) is 5.84. The molecule has 0 saturated carbocycles. The summed E-state index contributed by atoms with van der Waals surface area (Å²) >= 11 is 0. The van der Waals surface area contributed by atoms with E-state index in [9.17, 15) is 13.2 Å². The molecular formula is C13H16N2O4S. The molecule has 108 valence electrons. The molecule has 0 amide bonds. The first-order chi connectivity index (χ1) is 9.46.